The van der Waals surface area contributed by atoms with Crippen LogP contribution in [0.15, 0.2) is 42.6 Å². The van der Waals surface area contributed by atoms with E-state index in [-0.39, 0.29) is 6.04 Å². The minimum atomic E-state index is 0.244. The van der Waals surface area contributed by atoms with Crippen LogP contribution in [0, 0.1) is 6.92 Å². The molecule has 1 heterocycles. The van der Waals surface area contributed by atoms with Crippen LogP contribution in [0.3, 0.4) is 0 Å². The van der Waals surface area contributed by atoms with Crippen LogP contribution in [0.4, 0.5) is 5.82 Å². The molecule has 0 spiro atoms. The predicted molar refractivity (Wildman–Crippen MR) is 80.0 cm³/mol. The Balaban J connectivity index is 2.12. The maximum Gasteiger partial charge on any atom is 0.128 e. The summed E-state index contributed by atoms with van der Waals surface area (Å²) in [5.41, 5.74) is 9.69. The number of hydrogen-bond acceptors (Lipinski definition) is 3. The second-order valence-corrected chi connectivity index (χ2v) is 4.79. The van der Waals surface area contributed by atoms with Crippen molar-refractivity contribution < 1.29 is 0 Å². The monoisotopic (exact) mass is 255 g/mol. The molecule has 0 saturated carbocycles. The standard InChI is InChI=1S/C16H21N3/c1-12-10-11-19-16(17)15(12)14(18-2)9-8-13-6-4-3-5-7-13/h3-7,10-11,14,18H,8-9H2,1-2H3,(H2,17,19). The fourth-order valence-electron chi connectivity index (χ4n) is 2.43. The number of nitrogens with zero attached hydrogens (tertiary/aromatic N) is 1. The Kier molecular flexibility index (Phi) is 4.53. The van der Waals surface area contributed by atoms with Gasteiger partial charge in [0.05, 0.1) is 0 Å². The Morgan fingerprint density at radius 3 is 2.58 bits per heavy atom. The van der Waals surface area contributed by atoms with E-state index in [1.54, 1.807) is 6.20 Å². The molecule has 1 unspecified atom stereocenters. The predicted octanol–water partition coefficient (Wildman–Crippen LogP) is 2.87. The number of aromatic nitrogens is 1. The number of nitrogen functional groups attached to an aromatic ring is 1. The maximum absolute atomic E-state index is 6.02. The smallest absolute Gasteiger partial charge is 0.128 e. The molecule has 0 amide bonds. The van der Waals surface area contributed by atoms with Crippen molar-refractivity contribution in [3.63, 3.8) is 0 Å². The van der Waals surface area contributed by atoms with E-state index in [4.69, 9.17) is 5.73 Å². The van der Waals surface area contributed by atoms with Crippen molar-refractivity contribution in [2.45, 2.75) is 25.8 Å². The summed E-state index contributed by atoms with van der Waals surface area (Å²) in [7, 11) is 1.97. The lowest BCUT2D eigenvalue weighted by Gasteiger charge is -2.20. The number of nitrogens with two attached hydrogens (primary N) is 1. The van der Waals surface area contributed by atoms with Crippen LogP contribution in [-0.4, -0.2) is 12.0 Å². The molecule has 3 heteroatoms. The van der Waals surface area contributed by atoms with Crippen LogP contribution in [0.5, 0.6) is 0 Å². The molecule has 1 atom stereocenters. The number of aryl methyl sites for hydroxylation is 2. The van der Waals surface area contributed by atoms with Gasteiger partial charge in [0, 0.05) is 17.8 Å². The molecule has 19 heavy (non-hydrogen) atoms. The minimum Gasteiger partial charge on any atom is -0.383 e. The third kappa shape index (κ3) is 3.32. The molecule has 0 radical (unpaired) electrons. The average molecular weight is 255 g/mol. The molecule has 100 valence electrons. The summed E-state index contributed by atoms with van der Waals surface area (Å²) < 4.78 is 0. The Morgan fingerprint density at radius 1 is 1.21 bits per heavy atom. The Bertz CT molecular complexity index is 503. The fraction of sp³-hybridized carbons (Fsp3) is 0.312. The molecule has 0 aliphatic heterocycles. The second-order valence-electron chi connectivity index (χ2n) is 4.79. The number of anilines is 1. The van der Waals surface area contributed by atoms with E-state index in [1.807, 2.05) is 19.2 Å². The van der Waals surface area contributed by atoms with E-state index >= 15 is 0 Å². The van der Waals surface area contributed by atoms with Gasteiger partial charge in [-0.3, -0.25) is 0 Å². The van der Waals surface area contributed by atoms with Gasteiger partial charge in [-0.25, -0.2) is 4.98 Å². The van der Waals surface area contributed by atoms with Crippen molar-refractivity contribution in [3.05, 3.63) is 59.3 Å². The third-order valence-electron chi connectivity index (χ3n) is 3.50. The molecule has 3 nitrogen and oxygen atoms in total. The van der Waals surface area contributed by atoms with Gasteiger partial charge >= 0.3 is 0 Å². The van der Waals surface area contributed by atoms with Crippen LogP contribution < -0.4 is 11.1 Å². The topological polar surface area (TPSA) is 50.9 Å². The van der Waals surface area contributed by atoms with Crippen molar-refractivity contribution in [1.29, 1.82) is 0 Å². The summed E-state index contributed by atoms with van der Waals surface area (Å²) in [5.74, 6) is 0.632. The summed E-state index contributed by atoms with van der Waals surface area (Å²) >= 11 is 0. The molecule has 1 aromatic carbocycles. The summed E-state index contributed by atoms with van der Waals surface area (Å²) in [4.78, 5) is 4.20. The van der Waals surface area contributed by atoms with Gasteiger partial charge in [-0.05, 0) is 44.0 Å². The lowest BCUT2D eigenvalue weighted by molar-refractivity contribution is 0.547. The highest BCUT2D eigenvalue weighted by Gasteiger charge is 2.15. The number of hydrogen-bond donors (Lipinski definition) is 2. The first-order chi connectivity index (χ1) is 9.22. The van der Waals surface area contributed by atoms with E-state index in [9.17, 15) is 0 Å². The largest absolute Gasteiger partial charge is 0.383 e. The summed E-state index contributed by atoms with van der Waals surface area (Å²) in [6, 6.07) is 12.8. The van der Waals surface area contributed by atoms with Crippen LogP contribution in [-0.2, 0) is 6.42 Å². The molecule has 0 bridgehead atoms. The molecule has 0 aliphatic rings. The van der Waals surface area contributed by atoms with Gasteiger partial charge in [0.25, 0.3) is 0 Å². The average Bonchev–Trinajstić information content (AvgIpc) is 2.43. The fourth-order valence-corrected chi connectivity index (χ4v) is 2.43. The van der Waals surface area contributed by atoms with Crippen molar-refractivity contribution in [3.8, 4) is 0 Å². The second kappa shape index (κ2) is 6.34. The zero-order valence-corrected chi connectivity index (χ0v) is 11.6. The normalized spacial score (nSPS) is 12.3. The van der Waals surface area contributed by atoms with Gasteiger partial charge < -0.3 is 11.1 Å². The van der Waals surface area contributed by atoms with E-state index in [2.05, 4.69) is 41.5 Å². The van der Waals surface area contributed by atoms with Crippen molar-refractivity contribution in [1.82, 2.24) is 10.3 Å². The molecule has 0 aliphatic carbocycles. The van der Waals surface area contributed by atoms with Crippen LogP contribution in [0.25, 0.3) is 0 Å². The number of benzene rings is 1. The zero-order chi connectivity index (χ0) is 13.7. The minimum absolute atomic E-state index is 0.244. The van der Waals surface area contributed by atoms with Crippen molar-refractivity contribution in [2.24, 2.45) is 0 Å². The van der Waals surface area contributed by atoms with E-state index < -0.39 is 0 Å². The van der Waals surface area contributed by atoms with Gasteiger partial charge in [-0.15, -0.1) is 0 Å². The molecular weight excluding hydrogens is 234 g/mol. The Labute approximate surface area is 114 Å². The summed E-state index contributed by atoms with van der Waals surface area (Å²) in [5, 5.41) is 3.35. The molecule has 0 saturated heterocycles. The van der Waals surface area contributed by atoms with E-state index in [0.717, 1.165) is 18.4 Å². The molecule has 3 N–H and O–H groups in total. The Hall–Kier alpha value is -1.87. The lowest BCUT2D eigenvalue weighted by atomic mass is 9.96. The molecule has 0 fully saturated rings. The van der Waals surface area contributed by atoms with Gasteiger partial charge in [-0.2, -0.15) is 0 Å². The molecular formula is C16H21N3. The van der Waals surface area contributed by atoms with Gasteiger partial charge in [0.2, 0.25) is 0 Å². The SMILES string of the molecule is CNC(CCc1ccccc1)c1c(C)ccnc1N. The van der Waals surface area contributed by atoms with E-state index in [0.29, 0.717) is 5.82 Å². The van der Waals surface area contributed by atoms with Crippen molar-refractivity contribution in [2.75, 3.05) is 12.8 Å². The quantitative estimate of drug-likeness (QED) is 0.863. The van der Waals surface area contributed by atoms with Gasteiger partial charge in [-0.1, -0.05) is 30.3 Å². The molecule has 1 aromatic heterocycles. The third-order valence-corrected chi connectivity index (χ3v) is 3.50. The summed E-state index contributed by atoms with van der Waals surface area (Å²) in [6.45, 7) is 2.08. The van der Waals surface area contributed by atoms with Crippen LogP contribution >= 0.6 is 0 Å². The highest BCUT2D eigenvalue weighted by Crippen LogP contribution is 2.25. The number of rotatable bonds is 5. The van der Waals surface area contributed by atoms with Crippen LogP contribution in [0.2, 0.25) is 0 Å². The highest BCUT2D eigenvalue weighted by molar-refractivity contribution is 5.46. The lowest BCUT2D eigenvalue weighted by Crippen LogP contribution is -2.20. The number of nitrogens with one attached hydrogen (secondary N) is 1. The van der Waals surface area contributed by atoms with Gasteiger partial charge in [0.1, 0.15) is 5.82 Å². The number of pyridine rings is 1. The Morgan fingerprint density at radius 2 is 1.95 bits per heavy atom. The van der Waals surface area contributed by atoms with Crippen LogP contribution in [0.1, 0.15) is 29.2 Å². The zero-order valence-electron chi connectivity index (χ0n) is 11.6. The molecule has 2 rings (SSSR count). The first-order valence-corrected chi connectivity index (χ1v) is 6.64. The summed E-state index contributed by atoms with van der Waals surface area (Å²) in [6.07, 6.45) is 3.80. The maximum atomic E-state index is 6.02. The highest BCUT2D eigenvalue weighted by atomic mass is 14.9. The van der Waals surface area contributed by atoms with E-state index in [1.165, 1.54) is 11.1 Å². The van der Waals surface area contributed by atoms with Crippen molar-refractivity contribution >= 4 is 5.82 Å². The molecule has 2 aromatic rings. The first kappa shape index (κ1) is 13.6. The van der Waals surface area contributed by atoms with Gasteiger partial charge in [0.15, 0.2) is 0 Å². The first-order valence-electron chi connectivity index (χ1n) is 6.64.